The lowest BCUT2D eigenvalue weighted by Crippen LogP contribution is -2.47. The molecule has 17 heteroatoms. The van der Waals surface area contributed by atoms with Gasteiger partial charge in [0.05, 0.1) is 47.5 Å². The largest absolute Gasteiger partial charge is 0.455 e. The van der Waals surface area contributed by atoms with E-state index >= 15 is 0 Å². The molecule has 2 aromatic carbocycles. The van der Waals surface area contributed by atoms with E-state index < -0.39 is 31.4 Å². The van der Waals surface area contributed by atoms with E-state index in [0.29, 0.717) is 37.1 Å². The molecule has 328 valence electrons. The van der Waals surface area contributed by atoms with Crippen LogP contribution in [0.1, 0.15) is 73.0 Å². The lowest BCUT2D eigenvalue weighted by atomic mass is 9.74. The highest BCUT2D eigenvalue weighted by Crippen LogP contribution is 2.45. The van der Waals surface area contributed by atoms with Crippen molar-refractivity contribution in [3.8, 4) is 11.5 Å². The number of nitro benzene ring substituents is 1. The summed E-state index contributed by atoms with van der Waals surface area (Å²) in [4.78, 5) is 39.9. The van der Waals surface area contributed by atoms with Gasteiger partial charge in [-0.15, -0.1) is 11.3 Å². The molecule has 2 saturated heterocycles. The zero-order valence-corrected chi connectivity index (χ0v) is 37.1. The first-order valence-corrected chi connectivity index (χ1v) is 23.3. The van der Waals surface area contributed by atoms with Gasteiger partial charge in [-0.1, -0.05) is 33.3 Å². The molecular formula is C45H53N7O8S2. The number of rotatable bonds is 14. The quantitative estimate of drug-likeness (QED) is 0.0720. The topological polar surface area (TPSA) is 181 Å². The number of nitrogens with zero attached hydrogens (tertiary/aromatic N) is 4. The Morgan fingerprint density at radius 2 is 1.90 bits per heavy atom. The number of aromatic amines is 1. The molecule has 2 aliphatic heterocycles. The molecule has 0 spiro atoms. The summed E-state index contributed by atoms with van der Waals surface area (Å²) in [6, 6.07) is 16.7. The van der Waals surface area contributed by atoms with Gasteiger partial charge in [-0.25, -0.2) is 18.1 Å². The van der Waals surface area contributed by atoms with Gasteiger partial charge in [0.15, 0.2) is 0 Å². The number of nitro groups is 1. The maximum absolute atomic E-state index is 13.9. The molecule has 8 rings (SSSR count). The number of thiophene rings is 1. The van der Waals surface area contributed by atoms with Crippen LogP contribution >= 0.6 is 11.3 Å². The summed E-state index contributed by atoms with van der Waals surface area (Å²) in [6.45, 7) is 14.8. The van der Waals surface area contributed by atoms with Gasteiger partial charge in [0, 0.05) is 78.4 Å². The first kappa shape index (κ1) is 43.3. The lowest BCUT2D eigenvalue weighted by Gasteiger charge is -2.39. The molecule has 1 amide bonds. The number of benzene rings is 2. The second-order valence-corrected chi connectivity index (χ2v) is 20.0. The molecule has 15 nitrogen and oxygen atoms in total. The third-order valence-electron chi connectivity index (χ3n) is 11.8. The molecule has 3 aliphatic rings. The minimum Gasteiger partial charge on any atom is -0.455 e. The fraction of sp³-hybridized carbons (Fsp3) is 0.422. The van der Waals surface area contributed by atoms with Crippen LogP contribution in [0.2, 0.25) is 0 Å². The summed E-state index contributed by atoms with van der Waals surface area (Å²) in [7, 11) is -4.57. The monoisotopic (exact) mass is 883 g/mol. The van der Waals surface area contributed by atoms with Crippen LogP contribution in [-0.4, -0.2) is 99.3 Å². The summed E-state index contributed by atoms with van der Waals surface area (Å²) >= 11 is 1.93. The molecule has 5 heterocycles. The lowest BCUT2D eigenvalue weighted by molar-refractivity contribution is -0.384. The summed E-state index contributed by atoms with van der Waals surface area (Å²) in [6.07, 6.45) is 6.30. The van der Waals surface area contributed by atoms with E-state index in [4.69, 9.17) is 14.2 Å². The van der Waals surface area contributed by atoms with E-state index in [-0.39, 0.29) is 35.1 Å². The number of sulfonamides is 1. The third-order valence-corrected chi connectivity index (χ3v) is 14.5. The number of anilines is 2. The number of pyridine rings is 1. The number of aromatic nitrogens is 2. The number of carbonyl (C=O) groups excluding carboxylic acids is 1. The van der Waals surface area contributed by atoms with Crippen LogP contribution in [-0.2, 0) is 19.5 Å². The number of piperazine rings is 1. The fourth-order valence-corrected chi connectivity index (χ4v) is 10.3. The first-order valence-electron chi connectivity index (χ1n) is 21.0. The van der Waals surface area contributed by atoms with Crippen molar-refractivity contribution in [2.24, 2.45) is 5.41 Å². The summed E-state index contributed by atoms with van der Waals surface area (Å²) < 4.78 is 46.7. The smallest absolute Gasteiger partial charge is 0.293 e. The summed E-state index contributed by atoms with van der Waals surface area (Å²) in [5.41, 5.74) is 4.38. The number of amides is 1. The van der Waals surface area contributed by atoms with Gasteiger partial charge in [-0.3, -0.25) is 19.8 Å². The Morgan fingerprint density at radius 1 is 1.08 bits per heavy atom. The van der Waals surface area contributed by atoms with Crippen LogP contribution in [0.4, 0.5) is 17.1 Å². The molecule has 62 heavy (non-hydrogen) atoms. The molecule has 5 aromatic rings. The number of nitrogens with one attached hydrogen (secondary N) is 3. The Morgan fingerprint density at radius 3 is 2.65 bits per heavy atom. The number of allylic oxidation sites excluding steroid dienone is 1. The number of carbonyl (C=O) groups is 1. The molecular weight excluding hydrogens is 831 g/mol. The number of ether oxygens (including phenoxy) is 3. The van der Waals surface area contributed by atoms with E-state index in [2.05, 4.69) is 69.6 Å². The van der Waals surface area contributed by atoms with Crippen molar-refractivity contribution >= 4 is 60.9 Å². The molecule has 0 bridgehead atoms. The van der Waals surface area contributed by atoms with E-state index in [9.17, 15) is 23.3 Å². The van der Waals surface area contributed by atoms with Crippen LogP contribution in [0.25, 0.3) is 16.6 Å². The molecule has 1 aliphatic carbocycles. The van der Waals surface area contributed by atoms with Crippen LogP contribution in [0, 0.1) is 15.5 Å². The molecule has 1 atom stereocenters. The predicted molar refractivity (Wildman–Crippen MR) is 241 cm³/mol. The Hall–Kier alpha value is -5.33. The van der Waals surface area contributed by atoms with Crippen molar-refractivity contribution in [2.75, 3.05) is 69.3 Å². The average Bonchev–Trinajstić information content (AvgIpc) is 3.95. The van der Waals surface area contributed by atoms with Crippen LogP contribution in [0.3, 0.4) is 0 Å². The summed E-state index contributed by atoms with van der Waals surface area (Å²) in [5, 5.41) is 15.8. The van der Waals surface area contributed by atoms with Crippen molar-refractivity contribution in [1.29, 1.82) is 0 Å². The van der Waals surface area contributed by atoms with Crippen molar-refractivity contribution in [3.05, 3.63) is 104 Å². The average molecular weight is 884 g/mol. The van der Waals surface area contributed by atoms with Gasteiger partial charge in [-0.2, -0.15) is 0 Å². The van der Waals surface area contributed by atoms with Crippen molar-refractivity contribution in [3.63, 3.8) is 0 Å². The minimum atomic E-state index is -4.57. The molecule has 2 fully saturated rings. The number of hydrogen-bond donors (Lipinski definition) is 3. The van der Waals surface area contributed by atoms with Gasteiger partial charge >= 0.3 is 0 Å². The molecule has 3 N–H and O–H groups in total. The molecule has 0 unspecified atom stereocenters. The fourth-order valence-electron chi connectivity index (χ4n) is 8.20. The highest BCUT2D eigenvalue weighted by molar-refractivity contribution is 7.90. The van der Waals surface area contributed by atoms with Crippen molar-refractivity contribution in [2.45, 2.75) is 63.9 Å². The van der Waals surface area contributed by atoms with Crippen LogP contribution in [0.15, 0.2) is 83.5 Å². The molecule has 0 radical (unpaired) electrons. The predicted octanol–water partition coefficient (Wildman–Crippen LogP) is 8.18. The number of fused-ring (bicyclic) bond motifs is 1. The number of hydrogen-bond acceptors (Lipinski definition) is 13. The Labute approximate surface area is 365 Å². The first-order chi connectivity index (χ1) is 29.7. The SMILES string of the molecule is CC(C)c1ccc(C2=C(CN3CCN(c4ccc(C(=O)NS(=O)(=O)c5ccc(NC[C@H]6COCCO6)c([N+](=O)[O-])c5)c(Oc5cnc6[nH]ccc6c5)c4)CC3)CCC(C)(C)C2)s1. The van der Waals surface area contributed by atoms with Gasteiger partial charge in [0.2, 0.25) is 0 Å². The highest BCUT2D eigenvalue weighted by atomic mass is 32.2. The van der Waals surface area contributed by atoms with Crippen LogP contribution < -0.4 is 19.7 Å². The Bertz CT molecular complexity index is 2590. The van der Waals surface area contributed by atoms with Gasteiger partial charge < -0.3 is 29.4 Å². The zero-order valence-electron chi connectivity index (χ0n) is 35.4. The van der Waals surface area contributed by atoms with E-state index in [1.54, 1.807) is 30.5 Å². The maximum Gasteiger partial charge on any atom is 0.293 e. The normalized spacial score (nSPS) is 18.6. The van der Waals surface area contributed by atoms with Gasteiger partial charge in [-0.05, 0) is 84.7 Å². The summed E-state index contributed by atoms with van der Waals surface area (Å²) in [5.74, 6) is 0.0267. The molecule has 0 saturated carbocycles. The maximum atomic E-state index is 13.9. The zero-order chi connectivity index (χ0) is 43.6. The molecule has 3 aromatic heterocycles. The van der Waals surface area contributed by atoms with Crippen molar-refractivity contribution < 1.29 is 32.3 Å². The number of H-pyrrole nitrogens is 1. The standard InChI is InChI=1S/C45H53N7O8S2/c1-29(2)41-9-10-42(61-41)37-24-45(3,4)13-11-31(37)27-50-15-17-51(18-16-50)32-5-7-36(40(22-32)60-33-21-30-12-14-46-43(30)48-25-33)44(53)49-62(56,57)35-6-8-38(39(23-35)52(54)55)47-26-34-28-58-19-20-59-34/h5-10,12,14,21-23,25,29,34,47H,11,13,15-20,24,26-28H2,1-4H3,(H,46,48)(H,49,53)/t34-/m0/s1. The minimum absolute atomic E-state index is 0.0403. The Kier molecular flexibility index (Phi) is 12.7. The van der Waals surface area contributed by atoms with Gasteiger partial charge in [0.1, 0.15) is 22.8 Å². The second kappa shape index (κ2) is 18.2. The van der Waals surface area contributed by atoms with E-state index in [1.165, 1.54) is 45.7 Å². The van der Waals surface area contributed by atoms with E-state index in [1.807, 2.05) is 17.4 Å². The third kappa shape index (κ3) is 9.97. The Balaban J connectivity index is 1.00. The van der Waals surface area contributed by atoms with Crippen LogP contribution in [0.5, 0.6) is 11.5 Å². The van der Waals surface area contributed by atoms with E-state index in [0.717, 1.165) is 62.7 Å². The highest BCUT2D eigenvalue weighted by Gasteiger charge is 2.31. The second-order valence-electron chi connectivity index (χ2n) is 17.2. The van der Waals surface area contributed by atoms with Gasteiger partial charge in [0.25, 0.3) is 21.6 Å². The van der Waals surface area contributed by atoms with Crippen molar-refractivity contribution in [1.82, 2.24) is 19.6 Å².